The van der Waals surface area contributed by atoms with E-state index in [1.807, 2.05) is 0 Å². The Kier molecular flexibility index (Phi) is 6.35. The van der Waals surface area contributed by atoms with E-state index in [1.54, 1.807) is 0 Å². The van der Waals surface area contributed by atoms with Crippen molar-refractivity contribution in [3.8, 4) is 0 Å². The number of unbranched alkanes of at least 4 members (excludes halogenated alkanes) is 1. The standard InChI is InChI=1S/C11H26N2/c1-5-7-9-13(8-6-2)11(3,4)10-12/h5-10,12H2,1-4H3. The van der Waals surface area contributed by atoms with Gasteiger partial charge in [0.15, 0.2) is 0 Å². The van der Waals surface area contributed by atoms with Gasteiger partial charge in [-0.15, -0.1) is 0 Å². The molecular formula is C11H26N2. The molecule has 0 aromatic rings. The lowest BCUT2D eigenvalue weighted by Crippen LogP contribution is -2.49. The van der Waals surface area contributed by atoms with E-state index in [2.05, 4.69) is 32.6 Å². The van der Waals surface area contributed by atoms with Crippen molar-refractivity contribution in [2.75, 3.05) is 19.6 Å². The van der Waals surface area contributed by atoms with E-state index in [0.717, 1.165) is 6.54 Å². The molecule has 13 heavy (non-hydrogen) atoms. The number of nitrogens with two attached hydrogens (primary N) is 1. The third-order valence-electron chi connectivity index (χ3n) is 2.63. The van der Waals surface area contributed by atoms with Gasteiger partial charge in [-0.25, -0.2) is 0 Å². The van der Waals surface area contributed by atoms with E-state index >= 15 is 0 Å². The molecule has 0 fully saturated rings. The van der Waals surface area contributed by atoms with Crippen LogP contribution in [0.5, 0.6) is 0 Å². The van der Waals surface area contributed by atoms with Crippen LogP contribution in [0.25, 0.3) is 0 Å². The Bertz CT molecular complexity index is 121. The summed E-state index contributed by atoms with van der Waals surface area (Å²) in [5.41, 5.74) is 5.94. The molecule has 0 aliphatic rings. The fourth-order valence-electron chi connectivity index (χ4n) is 1.47. The maximum Gasteiger partial charge on any atom is 0.0275 e. The van der Waals surface area contributed by atoms with Crippen LogP contribution >= 0.6 is 0 Å². The van der Waals surface area contributed by atoms with Crippen LogP contribution in [0.1, 0.15) is 47.0 Å². The van der Waals surface area contributed by atoms with Crippen molar-refractivity contribution < 1.29 is 0 Å². The molecule has 0 bridgehead atoms. The first-order chi connectivity index (χ1) is 6.08. The maximum atomic E-state index is 5.77. The summed E-state index contributed by atoms with van der Waals surface area (Å²) in [6.45, 7) is 12.0. The molecule has 0 radical (unpaired) electrons. The highest BCUT2D eigenvalue weighted by Crippen LogP contribution is 2.14. The Labute approximate surface area is 83.5 Å². The molecule has 0 aromatic carbocycles. The van der Waals surface area contributed by atoms with Gasteiger partial charge in [-0.1, -0.05) is 20.3 Å². The normalized spacial score (nSPS) is 12.5. The zero-order chi connectivity index (χ0) is 10.3. The summed E-state index contributed by atoms with van der Waals surface area (Å²) in [4.78, 5) is 2.51. The average Bonchev–Trinajstić information content (AvgIpc) is 2.12. The van der Waals surface area contributed by atoms with Crippen LogP contribution in [0.3, 0.4) is 0 Å². The van der Waals surface area contributed by atoms with Gasteiger partial charge in [-0.05, 0) is 39.8 Å². The molecule has 0 aromatic heterocycles. The van der Waals surface area contributed by atoms with Crippen molar-refractivity contribution in [3.63, 3.8) is 0 Å². The first-order valence-electron chi connectivity index (χ1n) is 5.53. The Morgan fingerprint density at radius 3 is 2.08 bits per heavy atom. The van der Waals surface area contributed by atoms with Crippen molar-refractivity contribution in [1.82, 2.24) is 4.90 Å². The Morgan fingerprint density at radius 1 is 1.08 bits per heavy atom. The summed E-state index contributed by atoms with van der Waals surface area (Å²) in [7, 11) is 0. The molecular weight excluding hydrogens is 160 g/mol. The number of nitrogens with zero attached hydrogens (tertiary/aromatic N) is 1. The van der Waals surface area contributed by atoms with Gasteiger partial charge in [0.1, 0.15) is 0 Å². The van der Waals surface area contributed by atoms with Crippen LogP contribution in [0.4, 0.5) is 0 Å². The molecule has 0 rings (SSSR count). The summed E-state index contributed by atoms with van der Waals surface area (Å²) in [6.07, 6.45) is 3.76. The Morgan fingerprint density at radius 2 is 1.69 bits per heavy atom. The van der Waals surface area contributed by atoms with E-state index in [-0.39, 0.29) is 5.54 Å². The molecule has 0 saturated carbocycles. The predicted molar refractivity (Wildman–Crippen MR) is 59.9 cm³/mol. The van der Waals surface area contributed by atoms with Gasteiger partial charge in [0.05, 0.1) is 0 Å². The van der Waals surface area contributed by atoms with Crippen molar-refractivity contribution in [2.45, 2.75) is 52.5 Å². The van der Waals surface area contributed by atoms with Crippen molar-refractivity contribution in [3.05, 3.63) is 0 Å². The highest BCUT2D eigenvalue weighted by Gasteiger charge is 2.23. The molecule has 0 heterocycles. The molecule has 80 valence electrons. The zero-order valence-electron chi connectivity index (χ0n) is 9.77. The highest BCUT2D eigenvalue weighted by atomic mass is 15.2. The van der Waals surface area contributed by atoms with Crippen LogP contribution in [0.2, 0.25) is 0 Å². The van der Waals surface area contributed by atoms with E-state index in [1.165, 1.54) is 32.4 Å². The fourth-order valence-corrected chi connectivity index (χ4v) is 1.47. The fraction of sp³-hybridized carbons (Fsp3) is 1.00. The summed E-state index contributed by atoms with van der Waals surface area (Å²) < 4.78 is 0. The topological polar surface area (TPSA) is 29.3 Å². The lowest BCUT2D eigenvalue weighted by molar-refractivity contribution is 0.125. The molecule has 0 unspecified atom stereocenters. The minimum Gasteiger partial charge on any atom is -0.329 e. The van der Waals surface area contributed by atoms with Gasteiger partial charge in [0, 0.05) is 12.1 Å². The Balaban J connectivity index is 4.05. The third kappa shape index (κ3) is 4.63. The summed E-state index contributed by atoms with van der Waals surface area (Å²) in [5, 5.41) is 0. The lowest BCUT2D eigenvalue weighted by atomic mass is 10.0. The van der Waals surface area contributed by atoms with E-state index in [0.29, 0.717) is 0 Å². The molecule has 0 amide bonds. The third-order valence-corrected chi connectivity index (χ3v) is 2.63. The first-order valence-corrected chi connectivity index (χ1v) is 5.53. The van der Waals surface area contributed by atoms with Gasteiger partial charge < -0.3 is 5.73 Å². The predicted octanol–water partition coefficient (Wildman–Crippen LogP) is 2.24. The maximum absolute atomic E-state index is 5.77. The van der Waals surface area contributed by atoms with Crippen LogP contribution in [-0.4, -0.2) is 30.1 Å². The smallest absolute Gasteiger partial charge is 0.0275 e. The van der Waals surface area contributed by atoms with E-state index in [4.69, 9.17) is 5.73 Å². The molecule has 0 atom stereocenters. The highest BCUT2D eigenvalue weighted by molar-refractivity contribution is 4.81. The van der Waals surface area contributed by atoms with Crippen LogP contribution in [0.15, 0.2) is 0 Å². The molecule has 2 heteroatoms. The SMILES string of the molecule is CCCCN(CCC)C(C)(C)CN. The van der Waals surface area contributed by atoms with Gasteiger partial charge in [-0.2, -0.15) is 0 Å². The molecule has 2 nitrogen and oxygen atoms in total. The van der Waals surface area contributed by atoms with Gasteiger partial charge in [0.2, 0.25) is 0 Å². The van der Waals surface area contributed by atoms with Crippen molar-refractivity contribution >= 4 is 0 Å². The average molecular weight is 186 g/mol. The molecule has 0 saturated heterocycles. The number of rotatable bonds is 7. The summed E-state index contributed by atoms with van der Waals surface area (Å²) in [5.74, 6) is 0. The van der Waals surface area contributed by atoms with Gasteiger partial charge in [0.25, 0.3) is 0 Å². The molecule has 0 aliphatic carbocycles. The summed E-state index contributed by atoms with van der Waals surface area (Å²) >= 11 is 0. The monoisotopic (exact) mass is 186 g/mol. The quantitative estimate of drug-likeness (QED) is 0.660. The number of hydrogen-bond acceptors (Lipinski definition) is 2. The van der Waals surface area contributed by atoms with Crippen LogP contribution in [0, 0.1) is 0 Å². The second-order valence-electron chi connectivity index (χ2n) is 4.36. The zero-order valence-corrected chi connectivity index (χ0v) is 9.77. The minimum absolute atomic E-state index is 0.172. The van der Waals surface area contributed by atoms with E-state index < -0.39 is 0 Å². The second-order valence-corrected chi connectivity index (χ2v) is 4.36. The van der Waals surface area contributed by atoms with Gasteiger partial charge >= 0.3 is 0 Å². The molecule has 2 N–H and O–H groups in total. The van der Waals surface area contributed by atoms with Crippen molar-refractivity contribution in [2.24, 2.45) is 5.73 Å². The largest absolute Gasteiger partial charge is 0.329 e. The Hall–Kier alpha value is -0.0800. The second kappa shape index (κ2) is 6.39. The molecule has 0 aliphatic heterocycles. The number of hydrogen-bond donors (Lipinski definition) is 1. The van der Waals surface area contributed by atoms with Gasteiger partial charge in [-0.3, -0.25) is 4.90 Å². The van der Waals surface area contributed by atoms with Crippen LogP contribution in [-0.2, 0) is 0 Å². The lowest BCUT2D eigenvalue weighted by Gasteiger charge is -2.37. The van der Waals surface area contributed by atoms with Crippen LogP contribution < -0.4 is 5.73 Å². The van der Waals surface area contributed by atoms with E-state index in [9.17, 15) is 0 Å². The molecule has 0 spiro atoms. The van der Waals surface area contributed by atoms with Crippen molar-refractivity contribution in [1.29, 1.82) is 0 Å². The summed E-state index contributed by atoms with van der Waals surface area (Å²) in [6, 6.07) is 0. The first kappa shape index (κ1) is 12.9. The minimum atomic E-state index is 0.172.